The number of nitrogens with zero attached hydrogens (tertiary/aromatic N) is 5. The Kier molecular flexibility index (Phi) is 8.43. The molecule has 12 heteroatoms. The number of anilines is 3. The van der Waals surface area contributed by atoms with Crippen LogP contribution in [0.1, 0.15) is 46.8 Å². The lowest BCUT2D eigenvalue weighted by molar-refractivity contribution is -0.153. The molecule has 4 aromatic rings. The number of hydrogen-bond donors (Lipinski definition) is 1. The van der Waals surface area contributed by atoms with E-state index >= 15 is 0 Å². The average Bonchev–Trinajstić information content (AvgIpc) is 3.54. The van der Waals surface area contributed by atoms with Gasteiger partial charge in [-0.3, -0.25) is 19.5 Å². The zero-order valence-electron chi connectivity index (χ0n) is 23.8. The standard InChI is InChI=1S/C30H32N6O6/c1-5-22-23(6-2)41-28(25(22)40-19(4)38)35-17-31-24-26(35)33-29(32-18(3)37)34-27(24)42-30(39)36(20-13-9-7-10-14-20)21-15-11-8-12-16-21/h7-17,22-23,25,28H,5-6H2,1-4H3,(H,32,33,34,37)/t22-,23-,25-,28-/m1/s1. The Morgan fingerprint density at radius 2 is 1.60 bits per heavy atom. The highest BCUT2D eigenvalue weighted by molar-refractivity contribution is 5.98. The first-order valence-electron chi connectivity index (χ1n) is 13.8. The highest BCUT2D eigenvalue weighted by Crippen LogP contribution is 2.41. The van der Waals surface area contributed by atoms with Crippen LogP contribution in [0.2, 0.25) is 0 Å². The number of ether oxygens (including phenoxy) is 3. The number of fused-ring (bicyclic) bond motifs is 1. The van der Waals surface area contributed by atoms with Crippen LogP contribution in [-0.4, -0.2) is 49.7 Å². The van der Waals surface area contributed by atoms with Crippen molar-refractivity contribution in [3.8, 4) is 5.88 Å². The largest absolute Gasteiger partial charge is 0.457 e. The van der Waals surface area contributed by atoms with Gasteiger partial charge < -0.3 is 14.2 Å². The van der Waals surface area contributed by atoms with E-state index in [2.05, 4.69) is 20.3 Å². The van der Waals surface area contributed by atoms with E-state index in [1.165, 1.54) is 25.1 Å². The first-order valence-corrected chi connectivity index (χ1v) is 13.8. The molecule has 1 fully saturated rings. The van der Waals surface area contributed by atoms with Crippen molar-refractivity contribution in [1.82, 2.24) is 19.5 Å². The zero-order chi connectivity index (χ0) is 29.8. The monoisotopic (exact) mass is 572 g/mol. The summed E-state index contributed by atoms with van der Waals surface area (Å²) in [5, 5.41) is 2.56. The molecule has 0 spiro atoms. The van der Waals surface area contributed by atoms with E-state index in [9.17, 15) is 14.4 Å². The molecule has 12 nitrogen and oxygen atoms in total. The van der Waals surface area contributed by atoms with Crippen molar-refractivity contribution in [2.45, 2.75) is 59.0 Å². The number of nitrogens with one attached hydrogen (secondary N) is 1. The summed E-state index contributed by atoms with van der Waals surface area (Å²) in [7, 11) is 0. The van der Waals surface area contributed by atoms with Crippen LogP contribution in [0.15, 0.2) is 67.0 Å². The minimum atomic E-state index is -0.748. The molecule has 0 saturated carbocycles. The predicted octanol–water partition coefficient (Wildman–Crippen LogP) is 5.39. The highest BCUT2D eigenvalue weighted by atomic mass is 16.6. The van der Waals surface area contributed by atoms with Gasteiger partial charge in [0.1, 0.15) is 0 Å². The number of imidazole rings is 1. The quantitative estimate of drug-likeness (QED) is 0.276. The van der Waals surface area contributed by atoms with Crippen LogP contribution in [-0.2, 0) is 19.1 Å². The van der Waals surface area contributed by atoms with Crippen LogP contribution in [0.4, 0.5) is 22.1 Å². The normalized spacial score (nSPS) is 19.8. The van der Waals surface area contributed by atoms with Gasteiger partial charge >= 0.3 is 12.1 Å². The first kappa shape index (κ1) is 28.7. The van der Waals surface area contributed by atoms with Gasteiger partial charge in [-0.2, -0.15) is 9.97 Å². The Hall–Kier alpha value is -4.84. The molecule has 1 aliphatic heterocycles. The van der Waals surface area contributed by atoms with Gasteiger partial charge in [-0.1, -0.05) is 50.2 Å². The molecular formula is C30H32N6O6. The summed E-state index contributed by atoms with van der Waals surface area (Å²) in [5.74, 6) is -1.16. The van der Waals surface area contributed by atoms with E-state index in [1.807, 2.05) is 50.2 Å². The van der Waals surface area contributed by atoms with Crippen LogP contribution >= 0.6 is 0 Å². The first-order chi connectivity index (χ1) is 20.3. The minimum Gasteiger partial charge on any atom is -0.457 e. The molecule has 2 amide bonds. The van der Waals surface area contributed by atoms with Gasteiger partial charge in [0.25, 0.3) is 5.88 Å². The Morgan fingerprint density at radius 1 is 0.952 bits per heavy atom. The summed E-state index contributed by atoms with van der Waals surface area (Å²) in [5.41, 5.74) is 1.55. The molecule has 1 N–H and O–H groups in total. The lowest BCUT2D eigenvalue weighted by Crippen LogP contribution is -2.31. The minimum absolute atomic E-state index is 0.0550. The topological polar surface area (TPSA) is 138 Å². The van der Waals surface area contributed by atoms with Crippen molar-refractivity contribution in [2.24, 2.45) is 5.92 Å². The molecule has 2 aromatic heterocycles. The Balaban J connectivity index is 1.58. The van der Waals surface area contributed by atoms with Crippen LogP contribution in [0.25, 0.3) is 11.2 Å². The van der Waals surface area contributed by atoms with Crippen molar-refractivity contribution in [3.63, 3.8) is 0 Å². The Morgan fingerprint density at radius 3 is 2.14 bits per heavy atom. The molecular weight excluding hydrogens is 540 g/mol. The van der Waals surface area contributed by atoms with Crippen molar-refractivity contribution in [1.29, 1.82) is 0 Å². The van der Waals surface area contributed by atoms with Crippen LogP contribution in [0, 0.1) is 5.92 Å². The fraction of sp³-hybridized carbons (Fsp3) is 0.333. The molecule has 1 saturated heterocycles. The van der Waals surface area contributed by atoms with Gasteiger partial charge in [-0.25, -0.2) is 14.7 Å². The van der Waals surface area contributed by atoms with Crippen LogP contribution in [0.5, 0.6) is 5.88 Å². The fourth-order valence-electron chi connectivity index (χ4n) is 5.24. The van der Waals surface area contributed by atoms with E-state index in [4.69, 9.17) is 14.2 Å². The SMILES string of the molecule is CC[C@H]1[C@@H](OC(C)=O)[C@H](n2cnc3c(OC(=O)N(c4ccccc4)c4ccccc4)nc(NC(C)=O)nc32)O[C@@H]1CC. The van der Waals surface area contributed by atoms with E-state index in [-0.39, 0.29) is 35.0 Å². The second-order valence-corrected chi connectivity index (χ2v) is 9.85. The van der Waals surface area contributed by atoms with Gasteiger partial charge in [-0.05, 0) is 37.1 Å². The predicted molar refractivity (Wildman–Crippen MR) is 154 cm³/mol. The number of amides is 2. The third-order valence-electron chi connectivity index (χ3n) is 7.02. The van der Waals surface area contributed by atoms with E-state index in [0.717, 1.165) is 6.42 Å². The maximum absolute atomic E-state index is 13.7. The number of carbonyl (C=O) groups excluding carboxylic acids is 3. The molecule has 0 unspecified atom stereocenters. The smallest absolute Gasteiger partial charge is 0.425 e. The molecule has 5 rings (SSSR count). The summed E-state index contributed by atoms with van der Waals surface area (Å²) >= 11 is 0. The molecule has 0 bridgehead atoms. The molecule has 2 aromatic carbocycles. The summed E-state index contributed by atoms with van der Waals surface area (Å²) in [6, 6.07) is 18.1. The third kappa shape index (κ3) is 5.79. The second-order valence-electron chi connectivity index (χ2n) is 9.85. The molecule has 4 atom stereocenters. The lowest BCUT2D eigenvalue weighted by atomic mass is 9.93. The van der Waals surface area contributed by atoms with Gasteiger partial charge in [0, 0.05) is 19.8 Å². The number of benzene rings is 2. The number of rotatable bonds is 8. The number of hydrogen-bond acceptors (Lipinski definition) is 9. The summed E-state index contributed by atoms with van der Waals surface area (Å²) in [4.78, 5) is 52.4. The number of para-hydroxylation sites is 2. The maximum atomic E-state index is 13.7. The van der Waals surface area contributed by atoms with Gasteiger partial charge in [-0.15, -0.1) is 0 Å². The van der Waals surface area contributed by atoms with Crippen molar-refractivity contribution >= 4 is 46.5 Å². The molecule has 42 heavy (non-hydrogen) atoms. The van der Waals surface area contributed by atoms with E-state index < -0.39 is 30.3 Å². The van der Waals surface area contributed by atoms with Gasteiger partial charge in [0.15, 0.2) is 23.5 Å². The maximum Gasteiger partial charge on any atom is 0.425 e. The van der Waals surface area contributed by atoms with Crippen molar-refractivity contribution in [3.05, 3.63) is 67.0 Å². The Labute approximate surface area is 242 Å². The van der Waals surface area contributed by atoms with Crippen molar-refractivity contribution in [2.75, 3.05) is 10.2 Å². The van der Waals surface area contributed by atoms with E-state index in [0.29, 0.717) is 17.8 Å². The summed E-state index contributed by atoms with van der Waals surface area (Å²) in [6.07, 6.45) is 0.650. The van der Waals surface area contributed by atoms with E-state index in [1.54, 1.807) is 28.8 Å². The molecule has 3 heterocycles. The third-order valence-corrected chi connectivity index (χ3v) is 7.02. The van der Waals surface area contributed by atoms with Gasteiger partial charge in [0.2, 0.25) is 11.9 Å². The lowest BCUT2D eigenvalue weighted by Gasteiger charge is -2.23. The Bertz CT molecular complexity index is 1540. The fourth-order valence-corrected chi connectivity index (χ4v) is 5.24. The number of carbonyl (C=O) groups is 3. The molecule has 1 aliphatic rings. The highest BCUT2D eigenvalue weighted by Gasteiger charge is 2.46. The van der Waals surface area contributed by atoms with Crippen LogP contribution < -0.4 is 15.0 Å². The molecule has 0 aliphatic carbocycles. The molecule has 0 radical (unpaired) electrons. The second kappa shape index (κ2) is 12.4. The van der Waals surface area contributed by atoms with Crippen molar-refractivity contribution < 1.29 is 28.6 Å². The number of esters is 1. The summed E-state index contributed by atoms with van der Waals surface area (Å²) in [6.45, 7) is 6.69. The molecule has 218 valence electrons. The average molecular weight is 573 g/mol. The summed E-state index contributed by atoms with van der Waals surface area (Å²) < 4.78 is 19.6. The van der Waals surface area contributed by atoms with Crippen LogP contribution in [0.3, 0.4) is 0 Å². The zero-order valence-corrected chi connectivity index (χ0v) is 23.8. The number of aromatic nitrogens is 4. The van der Waals surface area contributed by atoms with Gasteiger partial charge in [0.05, 0.1) is 23.8 Å².